The van der Waals surface area contributed by atoms with Gasteiger partial charge in [-0.2, -0.15) is 0 Å². The van der Waals surface area contributed by atoms with Crippen molar-refractivity contribution in [2.24, 2.45) is 0 Å². The second-order valence-corrected chi connectivity index (χ2v) is 12.5. The summed E-state index contributed by atoms with van der Waals surface area (Å²) in [6, 6.07) is 48.8. The van der Waals surface area contributed by atoms with E-state index in [1.165, 1.54) is 72.0 Å². The van der Waals surface area contributed by atoms with Crippen molar-refractivity contribution >= 4 is 37.7 Å². The largest absolute Gasteiger partial charge is 0.309 e. The van der Waals surface area contributed by atoms with E-state index in [2.05, 4.69) is 168 Å². The third-order valence-corrected chi connectivity index (χ3v) is 9.38. The first-order valence-electron chi connectivity index (χ1n) is 14.1. The number of para-hydroxylation sites is 2. The quantitative estimate of drug-likeness (QED) is 0.193. The van der Waals surface area contributed by atoms with E-state index in [0.717, 1.165) is 4.47 Å². The molecule has 2 heteroatoms. The predicted molar refractivity (Wildman–Crippen MR) is 177 cm³/mol. The molecule has 1 aromatic heterocycles. The fourth-order valence-electron chi connectivity index (χ4n) is 6.87. The highest BCUT2D eigenvalue weighted by atomic mass is 79.9. The average molecular weight is 591 g/mol. The van der Waals surface area contributed by atoms with Crippen LogP contribution < -0.4 is 0 Å². The molecule has 1 nitrogen and oxygen atoms in total. The van der Waals surface area contributed by atoms with Crippen LogP contribution in [0.5, 0.6) is 0 Å². The Labute approximate surface area is 248 Å². The van der Waals surface area contributed by atoms with Crippen molar-refractivity contribution in [2.45, 2.75) is 19.3 Å². The normalized spacial score (nSPS) is 13.4. The topological polar surface area (TPSA) is 4.93 Å². The molecule has 0 saturated heterocycles. The molecule has 1 heterocycles. The van der Waals surface area contributed by atoms with Gasteiger partial charge in [0.1, 0.15) is 0 Å². The van der Waals surface area contributed by atoms with Gasteiger partial charge in [-0.3, -0.25) is 0 Å². The van der Waals surface area contributed by atoms with Crippen molar-refractivity contribution in [3.05, 3.63) is 149 Å². The molecule has 0 amide bonds. The lowest BCUT2D eigenvalue weighted by atomic mass is 9.80. The minimum atomic E-state index is -0.154. The molecule has 0 saturated carbocycles. The Morgan fingerprint density at radius 3 is 1.85 bits per heavy atom. The van der Waals surface area contributed by atoms with Crippen LogP contribution in [0.2, 0.25) is 0 Å². The van der Waals surface area contributed by atoms with Crippen LogP contribution in [0, 0.1) is 0 Å². The van der Waals surface area contributed by atoms with Gasteiger partial charge in [0.15, 0.2) is 0 Å². The van der Waals surface area contributed by atoms with Gasteiger partial charge in [0.25, 0.3) is 0 Å². The lowest BCUT2D eigenvalue weighted by molar-refractivity contribution is 0.664. The molecular weight excluding hydrogens is 562 g/mol. The van der Waals surface area contributed by atoms with Crippen LogP contribution >= 0.6 is 15.9 Å². The molecule has 1 aliphatic carbocycles. The summed E-state index contributed by atoms with van der Waals surface area (Å²) in [4.78, 5) is 0. The van der Waals surface area contributed by atoms with E-state index in [0.29, 0.717) is 0 Å². The monoisotopic (exact) mass is 589 g/mol. The maximum Gasteiger partial charge on any atom is 0.0588 e. The van der Waals surface area contributed by atoms with Gasteiger partial charge in [0.2, 0.25) is 0 Å². The van der Waals surface area contributed by atoms with Gasteiger partial charge in [-0.1, -0.05) is 127 Å². The van der Waals surface area contributed by atoms with E-state index in [1.54, 1.807) is 0 Å². The third kappa shape index (κ3) is 3.67. The smallest absolute Gasteiger partial charge is 0.0588 e. The summed E-state index contributed by atoms with van der Waals surface area (Å²) in [5, 5.41) is 2.61. The molecule has 0 unspecified atom stereocenters. The summed E-state index contributed by atoms with van der Waals surface area (Å²) in [7, 11) is 0. The molecule has 196 valence electrons. The first-order chi connectivity index (χ1) is 20.0. The fraction of sp³-hybridized carbons (Fsp3) is 0.0769. The van der Waals surface area contributed by atoms with Crippen LogP contribution in [0.4, 0.5) is 0 Å². The standard InChI is InChI=1S/C39H28BrN/c1-39(2)35-24-28(27-14-12-25(13-15-27)26-16-19-29(40)20-17-26)18-21-31(35)33-22-23-34-32-10-6-7-11-36(32)41(38(34)37(33)39)30-8-4-3-5-9-30/h3-24H,1-2H3. The van der Waals surface area contributed by atoms with Crippen molar-refractivity contribution < 1.29 is 0 Å². The molecule has 0 radical (unpaired) electrons. The zero-order valence-electron chi connectivity index (χ0n) is 23.0. The number of halogens is 1. The molecule has 7 aromatic rings. The predicted octanol–water partition coefficient (Wildman–Crippen LogP) is 11.2. The van der Waals surface area contributed by atoms with Crippen LogP contribution in [0.1, 0.15) is 25.0 Å². The molecule has 0 N–H and O–H groups in total. The van der Waals surface area contributed by atoms with Crippen LogP contribution in [-0.2, 0) is 5.41 Å². The summed E-state index contributed by atoms with van der Waals surface area (Å²) in [5.74, 6) is 0. The van der Waals surface area contributed by atoms with Crippen molar-refractivity contribution in [2.75, 3.05) is 0 Å². The van der Waals surface area contributed by atoms with E-state index in [4.69, 9.17) is 0 Å². The molecular formula is C39H28BrN. The maximum atomic E-state index is 3.54. The van der Waals surface area contributed by atoms with E-state index >= 15 is 0 Å². The van der Waals surface area contributed by atoms with Crippen LogP contribution in [0.25, 0.3) is 60.9 Å². The molecule has 1 aliphatic rings. The van der Waals surface area contributed by atoms with E-state index in [1.807, 2.05) is 0 Å². The number of nitrogens with zero attached hydrogens (tertiary/aromatic N) is 1. The number of benzene rings is 6. The van der Waals surface area contributed by atoms with Gasteiger partial charge in [-0.25, -0.2) is 0 Å². The summed E-state index contributed by atoms with van der Waals surface area (Å²) >= 11 is 3.54. The molecule has 41 heavy (non-hydrogen) atoms. The van der Waals surface area contributed by atoms with E-state index < -0.39 is 0 Å². The number of hydrogen-bond acceptors (Lipinski definition) is 0. The fourth-order valence-corrected chi connectivity index (χ4v) is 7.13. The summed E-state index contributed by atoms with van der Waals surface area (Å²) in [6.07, 6.45) is 0. The maximum absolute atomic E-state index is 3.54. The first kappa shape index (κ1) is 24.4. The van der Waals surface area contributed by atoms with Crippen molar-refractivity contribution in [3.63, 3.8) is 0 Å². The Hall–Kier alpha value is -4.40. The van der Waals surface area contributed by atoms with E-state index in [-0.39, 0.29) is 5.41 Å². The Morgan fingerprint density at radius 2 is 1.12 bits per heavy atom. The SMILES string of the molecule is CC1(C)c2cc(-c3ccc(-c4ccc(Br)cc4)cc3)ccc2-c2ccc3c4ccccc4n(-c4ccccc4)c3c21. The van der Waals surface area contributed by atoms with Gasteiger partial charge in [0, 0.05) is 26.3 Å². The van der Waals surface area contributed by atoms with E-state index in [9.17, 15) is 0 Å². The number of rotatable bonds is 3. The lowest BCUT2D eigenvalue weighted by Gasteiger charge is -2.24. The molecule has 0 aliphatic heterocycles. The highest BCUT2D eigenvalue weighted by molar-refractivity contribution is 9.10. The Balaban J connectivity index is 1.29. The van der Waals surface area contributed by atoms with Crippen LogP contribution in [-0.4, -0.2) is 4.57 Å². The zero-order chi connectivity index (χ0) is 27.7. The molecule has 0 bridgehead atoms. The zero-order valence-corrected chi connectivity index (χ0v) is 24.6. The van der Waals surface area contributed by atoms with Crippen LogP contribution in [0.3, 0.4) is 0 Å². The minimum Gasteiger partial charge on any atom is -0.309 e. The van der Waals surface area contributed by atoms with Crippen molar-refractivity contribution in [1.82, 2.24) is 4.57 Å². The molecule has 0 atom stereocenters. The molecule has 6 aromatic carbocycles. The van der Waals surface area contributed by atoms with Crippen molar-refractivity contribution in [1.29, 1.82) is 0 Å². The Kier molecular flexibility index (Phi) is 5.39. The molecule has 0 fully saturated rings. The van der Waals surface area contributed by atoms with Crippen molar-refractivity contribution in [3.8, 4) is 39.1 Å². The second-order valence-electron chi connectivity index (χ2n) is 11.5. The third-order valence-electron chi connectivity index (χ3n) is 8.85. The van der Waals surface area contributed by atoms with Gasteiger partial charge >= 0.3 is 0 Å². The second kappa shape index (κ2) is 9.06. The summed E-state index contributed by atoms with van der Waals surface area (Å²) in [5.41, 5.74) is 14.0. The van der Waals surface area contributed by atoms with Gasteiger partial charge < -0.3 is 4.57 Å². The first-order valence-corrected chi connectivity index (χ1v) is 14.9. The Bertz CT molecular complexity index is 2100. The number of hydrogen-bond donors (Lipinski definition) is 0. The molecule has 0 spiro atoms. The number of aromatic nitrogens is 1. The lowest BCUT2D eigenvalue weighted by Crippen LogP contribution is -2.16. The highest BCUT2D eigenvalue weighted by Gasteiger charge is 2.38. The van der Waals surface area contributed by atoms with Gasteiger partial charge in [0.05, 0.1) is 11.0 Å². The molecule has 8 rings (SSSR count). The highest BCUT2D eigenvalue weighted by Crippen LogP contribution is 2.53. The average Bonchev–Trinajstić information content (AvgIpc) is 3.46. The van der Waals surface area contributed by atoms with Crippen LogP contribution in [0.15, 0.2) is 138 Å². The van der Waals surface area contributed by atoms with Gasteiger partial charge in [-0.15, -0.1) is 0 Å². The Morgan fingerprint density at radius 1 is 0.537 bits per heavy atom. The minimum absolute atomic E-state index is 0.154. The number of fused-ring (bicyclic) bond motifs is 7. The summed E-state index contributed by atoms with van der Waals surface area (Å²) in [6.45, 7) is 4.79. The summed E-state index contributed by atoms with van der Waals surface area (Å²) < 4.78 is 3.57. The van der Waals surface area contributed by atoms with Gasteiger partial charge in [-0.05, 0) is 80.9 Å².